The molecule has 0 unspecified atom stereocenters. The van der Waals surface area contributed by atoms with E-state index in [0.29, 0.717) is 59.6 Å². The zero-order chi connectivity index (χ0) is 26.3. The van der Waals surface area contributed by atoms with Crippen molar-refractivity contribution in [3.05, 3.63) is 11.8 Å². The van der Waals surface area contributed by atoms with Crippen LogP contribution in [-0.4, -0.2) is 41.4 Å². The smallest absolute Gasteiger partial charge is 0.305 e. The Bertz CT molecular complexity index is 821. The molecule has 0 aliphatic heterocycles. The second kappa shape index (κ2) is 10.7. The molecule has 4 aliphatic carbocycles. The quantitative estimate of drug-likeness (QED) is 0.183. The molecule has 36 heavy (non-hydrogen) atoms. The van der Waals surface area contributed by atoms with E-state index in [1.165, 1.54) is 38.6 Å². The maximum Gasteiger partial charge on any atom is 0.305 e. The minimum atomic E-state index is -1.61. The highest BCUT2D eigenvalue weighted by Gasteiger charge is 2.63. The first-order chi connectivity index (χ1) is 16.9. The molecule has 5 nitrogen and oxygen atoms in total. The van der Waals surface area contributed by atoms with Crippen LogP contribution in [0.15, 0.2) is 11.8 Å². The highest BCUT2D eigenvalue weighted by atomic mass is 28.4. The lowest BCUT2D eigenvalue weighted by atomic mass is 9.44. The Labute approximate surface area is 221 Å². The molecule has 0 N–H and O–H groups in total. The van der Waals surface area contributed by atoms with Gasteiger partial charge in [0, 0.05) is 20.0 Å². The highest BCUT2D eigenvalue weighted by Crippen LogP contribution is 2.68. The molecule has 9 atom stereocenters. The van der Waals surface area contributed by atoms with Gasteiger partial charge in [-0.05, 0) is 117 Å². The van der Waals surface area contributed by atoms with Crippen LogP contribution in [0.1, 0.15) is 78.6 Å². The maximum absolute atomic E-state index is 11.8. The minimum absolute atomic E-state index is 0.0765. The van der Waals surface area contributed by atoms with Crippen molar-refractivity contribution in [3.8, 4) is 0 Å². The summed E-state index contributed by atoms with van der Waals surface area (Å²) in [5.41, 5.74) is 0.644. The average Bonchev–Trinajstić information content (AvgIpc) is 3.17. The van der Waals surface area contributed by atoms with E-state index in [0.717, 1.165) is 25.7 Å². The van der Waals surface area contributed by atoms with Crippen molar-refractivity contribution >= 4 is 14.3 Å². The van der Waals surface area contributed by atoms with Gasteiger partial charge in [0.25, 0.3) is 0 Å². The van der Waals surface area contributed by atoms with Crippen LogP contribution in [0, 0.1) is 46.3 Å². The van der Waals surface area contributed by atoms with Gasteiger partial charge in [0.1, 0.15) is 6.79 Å². The summed E-state index contributed by atoms with van der Waals surface area (Å²) in [6.45, 7) is 14.8. The number of carbonyl (C=O) groups excluding carboxylic acids is 1. The van der Waals surface area contributed by atoms with Crippen molar-refractivity contribution < 1.29 is 23.4 Å². The molecule has 206 valence electrons. The summed E-state index contributed by atoms with van der Waals surface area (Å²) in [7, 11) is 1.63. The second-order valence-electron chi connectivity index (χ2n) is 14.0. The number of hydrogen-bond donors (Lipinski definition) is 0. The van der Waals surface area contributed by atoms with E-state index in [-0.39, 0.29) is 12.1 Å². The first-order valence-electron chi connectivity index (χ1n) is 14.5. The number of carbonyl (C=O) groups is 1. The summed E-state index contributed by atoms with van der Waals surface area (Å²) in [6, 6.07) is 0. The van der Waals surface area contributed by atoms with Crippen LogP contribution in [0.2, 0.25) is 19.6 Å². The van der Waals surface area contributed by atoms with Crippen molar-refractivity contribution in [3.63, 3.8) is 0 Å². The Morgan fingerprint density at radius 3 is 2.50 bits per heavy atom. The lowest BCUT2D eigenvalue weighted by Crippen LogP contribution is -2.58. The van der Waals surface area contributed by atoms with Gasteiger partial charge in [0.05, 0.1) is 19.0 Å². The molecular formula is C30H52O5Si. The van der Waals surface area contributed by atoms with E-state index >= 15 is 0 Å². The molecule has 0 bridgehead atoms. The van der Waals surface area contributed by atoms with Crippen molar-refractivity contribution in [1.82, 2.24) is 0 Å². The molecule has 0 radical (unpaired) electrons. The largest absolute Gasteiger partial charge is 0.548 e. The molecule has 0 spiro atoms. The minimum Gasteiger partial charge on any atom is -0.548 e. The van der Waals surface area contributed by atoms with Gasteiger partial charge in [-0.2, -0.15) is 0 Å². The molecule has 0 aromatic rings. The fraction of sp³-hybridized carbons (Fsp3) is 0.900. The van der Waals surface area contributed by atoms with Crippen molar-refractivity contribution in [2.75, 3.05) is 21.0 Å². The summed E-state index contributed by atoms with van der Waals surface area (Å²) in [4.78, 5) is 11.8. The SMILES string of the molecule is COCO[C@@H]1C[C@@H]2CC(O[Si](C)(C)C)=CC[C@]2(C)[C@H]2CC[C@]3(C)[C@@H]([C@H](C)CCC(=O)OC)CC[C@H]3[C@H]12. The van der Waals surface area contributed by atoms with E-state index in [1.54, 1.807) is 7.11 Å². The zero-order valence-electron chi connectivity index (χ0n) is 24.2. The number of allylic oxidation sites excluding steroid dienone is 2. The number of rotatable bonds is 9. The molecule has 3 fully saturated rings. The average molecular weight is 521 g/mol. The number of methoxy groups -OCH3 is 2. The Morgan fingerprint density at radius 1 is 1.11 bits per heavy atom. The van der Waals surface area contributed by atoms with Gasteiger partial charge in [0.2, 0.25) is 8.32 Å². The molecule has 0 amide bonds. The van der Waals surface area contributed by atoms with Gasteiger partial charge in [-0.25, -0.2) is 0 Å². The van der Waals surface area contributed by atoms with Gasteiger partial charge in [-0.3, -0.25) is 4.79 Å². The number of hydrogen-bond acceptors (Lipinski definition) is 5. The third kappa shape index (κ3) is 5.33. The van der Waals surface area contributed by atoms with Gasteiger partial charge in [0.15, 0.2) is 0 Å². The molecule has 0 saturated heterocycles. The summed E-state index contributed by atoms with van der Waals surface area (Å²) in [5, 5.41) is 0. The van der Waals surface area contributed by atoms with Crippen LogP contribution in [-0.2, 0) is 23.4 Å². The Hall–Kier alpha value is -0.853. The topological polar surface area (TPSA) is 54.0 Å². The summed E-state index contributed by atoms with van der Waals surface area (Å²) >= 11 is 0. The number of esters is 1. The summed E-state index contributed by atoms with van der Waals surface area (Å²) in [5.74, 6) is 4.94. The molecule has 0 aromatic heterocycles. The molecule has 4 rings (SSSR count). The van der Waals surface area contributed by atoms with Gasteiger partial charge in [-0.15, -0.1) is 0 Å². The standard InChI is InChI=1S/C30H52O5Si/c1-20(9-12-27(31)33-5)23-10-11-24-28-25(14-16-30(23,24)3)29(2)15-13-22(35-36(6,7)8)17-21(29)18-26(28)34-19-32-4/h13,20-21,23-26,28H,9-12,14-19H2,1-8H3/t20-,21+,23-,24+,25+,26-,28+,29+,30-/m1/s1. The fourth-order valence-corrected chi connectivity index (χ4v) is 10.2. The van der Waals surface area contributed by atoms with Crippen LogP contribution in [0.3, 0.4) is 0 Å². The normalized spacial score (nSPS) is 40.9. The number of fused-ring (bicyclic) bond motifs is 5. The van der Waals surface area contributed by atoms with Crippen LogP contribution < -0.4 is 0 Å². The highest BCUT2D eigenvalue weighted by molar-refractivity contribution is 6.70. The van der Waals surface area contributed by atoms with E-state index in [9.17, 15) is 4.79 Å². The molecule has 0 heterocycles. The van der Waals surface area contributed by atoms with E-state index in [4.69, 9.17) is 18.6 Å². The molecule has 3 saturated carbocycles. The van der Waals surface area contributed by atoms with Gasteiger partial charge < -0.3 is 18.6 Å². The first-order valence-corrected chi connectivity index (χ1v) is 17.9. The monoisotopic (exact) mass is 520 g/mol. The summed E-state index contributed by atoms with van der Waals surface area (Å²) < 4.78 is 23.4. The Morgan fingerprint density at radius 2 is 1.83 bits per heavy atom. The van der Waals surface area contributed by atoms with Crippen LogP contribution in [0.4, 0.5) is 0 Å². The third-order valence-electron chi connectivity index (χ3n) is 10.9. The zero-order valence-corrected chi connectivity index (χ0v) is 25.2. The van der Waals surface area contributed by atoms with Crippen LogP contribution >= 0.6 is 0 Å². The van der Waals surface area contributed by atoms with Gasteiger partial charge in [-0.1, -0.05) is 20.8 Å². The van der Waals surface area contributed by atoms with Crippen molar-refractivity contribution in [2.24, 2.45) is 46.3 Å². The molecule has 4 aliphatic rings. The Kier molecular flexibility index (Phi) is 8.39. The van der Waals surface area contributed by atoms with E-state index in [1.807, 2.05) is 0 Å². The van der Waals surface area contributed by atoms with Crippen LogP contribution in [0.25, 0.3) is 0 Å². The third-order valence-corrected chi connectivity index (χ3v) is 11.8. The molecule has 6 heteroatoms. The van der Waals surface area contributed by atoms with E-state index < -0.39 is 8.32 Å². The maximum atomic E-state index is 11.8. The first kappa shape index (κ1) is 28.2. The summed E-state index contributed by atoms with van der Waals surface area (Å²) in [6.07, 6.45) is 12.6. The molecular weight excluding hydrogens is 468 g/mol. The number of ether oxygens (including phenoxy) is 3. The predicted molar refractivity (Wildman–Crippen MR) is 146 cm³/mol. The Balaban J connectivity index is 1.58. The van der Waals surface area contributed by atoms with Crippen molar-refractivity contribution in [2.45, 2.75) is 104 Å². The predicted octanol–water partition coefficient (Wildman–Crippen LogP) is 7.18. The van der Waals surface area contributed by atoms with Crippen molar-refractivity contribution in [1.29, 1.82) is 0 Å². The lowest BCUT2D eigenvalue weighted by Gasteiger charge is -2.62. The lowest BCUT2D eigenvalue weighted by molar-refractivity contribution is -0.196. The fourth-order valence-electron chi connectivity index (χ4n) is 9.22. The molecule has 0 aromatic carbocycles. The van der Waals surface area contributed by atoms with Gasteiger partial charge >= 0.3 is 5.97 Å². The van der Waals surface area contributed by atoms with Crippen LogP contribution in [0.5, 0.6) is 0 Å². The van der Waals surface area contributed by atoms with E-state index in [2.05, 4.69) is 46.5 Å². The second-order valence-corrected chi connectivity index (χ2v) is 18.4.